The molecule has 3 aliphatic heterocycles. The molecule has 2 atom stereocenters. The number of aliphatic hydroxyl groups is 1. The number of pyridine rings is 1. The van der Waals surface area contributed by atoms with E-state index in [2.05, 4.69) is 15.5 Å². The molecule has 0 saturated carbocycles. The third kappa shape index (κ3) is 5.45. The van der Waals surface area contributed by atoms with E-state index in [-0.39, 0.29) is 41.4 Å². The topological polar surface area (TPSA) is 121 Å². The highest BCUT2D eigenvalue weighted by Crippen LogP contribution is 2.49. The van der Waals surface area contributed by atoms with Gasteiger partial charge >= 0.3 is 6.61 Å². The summed E-state index contributed by atoms with van der Waals surface area (Å²) < 4.78 is 71.1. The summed E-state index contributed by atoms with van der Waals surface area (Å²) in [6, 6.07) is 12.3. The fraction of sp³-hybridized carbons (Fsp3) is 0.310. The van der Waals surface area contributed by atoms with Gasteiger partial charge in [-0.05, 0) is 24.6 Å². The van der Waals surface area contributed by atoms with Crippen molar-refractivity contribution >= 4 is 5.91 Å². The molecule has 0 bridgehead atoms. The Hall–Kier alpha value is -4.92. The van der Waals surface area contributed by atoms with Crippen LogP contribution in [0.2, 0.25) is 0 Å². The Morgan fingerprint density at radius 3 is 2.59 bits per heavy atom. The van der Waals surface area contributed by atoms with Crippen molar-refractivity contribution in [1.29, 1.82) is 0 Å². The number of aliphatic hydroxyl groups excluding tert-OH is 1. The summed E-state index contributed by atoms with van der Waals surface area (Å²) in [5, 5.41) is 20.3. The Morgan fingerprint density at radius 1 is 1.11 bits per heavy atom. The molecule has 0 unspecified atom stereocenters. The van der Waals surface area contributed by atoms with Gasteiger partial charge < -0.3 is 24.5 Å². The van der Waals surface area contributed by atoms with Gasteiger partial charge in [0.05, 0.1) is 29.4 Å². The summed E-state index contributed by atoms with van der Waals surface area (Å²) in [6.45, 7) is -1.63. The van der Waals surface area contributed by atoms with Crippen LogP contribution < -0.4 is 14.8 Å². The molecule has 0 fully saturated rings. The average molecular weight is 614 g/mol. The van der Waals surface area contributed by atoms with Crippen LogP contribution in [0, 0.1) is 0 Å². The molecule has 15 heteroatoms. The number of aromatic nitrogens is 6. The Morgan fingerprint density at radius 2 is 1.89 bits per heavy atom. The highest BCUT2D eigenvalue weighted by atomic mass is 19.3. The number of hydrogen-bond donors (Lipinski definition) is 2. The third-order valence-electron chi connectivity index (χ3n) is 7.14. The number of rotatable bonds is 9. The van der Waals surface area contributed by atoms with Crippen molar-refractivity contribution in [3.8, 4) is 45.5 Å². The van der Waals surface area contributed by atoms with Crippen molar-refractivity contribution in [1.82, 2.24) is 34.4 Å². The molecule has 2 N–H and O–H groups in total. The van der Waals surface area contributed by atoms with E-state index in [1.54, 1.807) is 18.3 Å². The highest BCUT2D eigenvalue weighted by Gasteiger charge is 2.37. The molecule has 6 rings (SSSR count). The molecule has 1 aromatic carbocycles. The number of carbonyl (C=O) groups excluding carboxylic acids is 1. The van der Waals surface area contributed by atoms with Crippen LogP contribution >= 0.6 is 0 Å². The zero-order valence-electron chi connectivity index (χ0n) is 23.5. The van der Waals surface area contributed by atoms with Crippen LogP contribution in [-0.4, -0.2) is 65.5 Å². The number of ether oxygens (including phenoxy) is 2. The second kappa shape index (κ2) is 11.6. The molecule has 1 amide bonds. The van der Waals surface area contributed by atoms with Crippen LogP contribution in [0.1, 0.15) is 24.6 Å². The lowest BCUT2D eigenvalue weighted by molar-refractivity contribution is -0.129. The maximum absolute atomic E-state index is 14.6. The van der Waals surface area contributed by atoms with Gasteiger partial charge in [-0.25, -0.2) is 18.4 Å². The van der Waals surface area contributed by atoms with E-state index >= 15 is 0 Å². The fourth-order valence-electron chi connectivity index (χ4n) is 5.28. The highest BCUT2D eigenvalue weighted by molar-refractivity contribution is 5.97. The molecular formula is C29H27F4N7O4. The van der Waals surface area contributed by atoms with Crippen LogP contribution in [0.15, 0.2) is 54.9 Å². The zero-order valence-corrected chi connectivity index (χ0v) is 23.5. The Kier molecular flexibility index (Phi) is 7.71. The fourth-order valence-corrected chi connectivity index (χ4v) is 5.28. The second-order valence-electron chi connectivity index (χ2n) is 10.3. The van der Waals surface area contributed by atoms with E-state index in [0.717, 1.165) is 5.56 Å². The maximum atomic E-state index is 14.6. The SMILES string of the molecule is C[C@H](O)C(=O)N[C@@H]1COc2c(-c3nc4n(Cc5ccccc5)cccc-4c3-c3cn(C)nc3OC(F)F)c(C(F)F)nn2C1. The van der Waals surface area contributed by atoms with Crippen molar-refractivity contribution in [3.63, 3.8) is 0 Å². The van der Waals surface area contributed by atoms with E-state index in [1.807, 2.05) is 34.9 Å². The molecule has 11 nitrogen and oxygen atoms in total. The first-order valence-electron chi connectivity index (χ1n) is 13.6. The van der Waals surface area contributed by atoms with Crippen molar-refractivity contribution < 1.29 is 36.9 Å². The van der Waals surface area contributed by atoms with Gasteiger partial charge in [0.25, 0.3) is 6.43 Å². The summed E-state index contributed by atoms with van der Waals surface area (Å²) >= 11 is 0. The van der Waals surface area contributed by atoms with Crippen LogP contribution in [0.5, 0.6) is 11.8 Å². The summed E-state index contributed by atoms with van der Waals surface area (Å²) in [4.78, 5) is 16.9. The second-order valence-corrected chi connectivity index (χ2v) is 10.3. The standard InChI is InChI=1S/C29H27F4N7O4/c1-15(41)26(42)34-17-12-40-28(43-14-17)21(23(36-40)24(30)31)22-20(19-13-38(2)37-27(19)44-29(32)33)18-9-6-10-39(25(18)35-22)11-16-7-4-3-5-8-16/h3-10,13,15,17,24,29,41H,11-12,14H2,1-2H3,(H,34,42)/t15-,17-/m0/s1. The Bertz CT molecular complexity index is 1770. The van der Waals surface area contributed by atoms with Gasteiger partial charge in [0.15, 0.2) is 0 Å². The molecule has 2 aromatic heterocycles. The van der Waals surface area contributed by atoms with Crippen LogP contribution in [0.3, 0.4) is 0 Å². The van der Waals surface area contributed by atoms with E-state index < -0.39 is 42.7 Å². The first-order valence-corrected chi connectivity index (χ1v) is 13.6. The molecule has 0 radical (unpaired) electrons. The van der Waals surface area contributed by atoms with Gasteiger partial charge in [0.1, 0.15) is 24.2 Å². The molecule has 3 aromatic rings. The van der Waals surface area contributed by atoms with Gasteiger partial charge in [0.2, 0.25) is 17.7 Å². The van der Waals surface area contributed by atoms with Crippen LogP contribution in [-0.2, 0) is 24.9 Å². The van der Waals surface area contributed by atoms with Gasteiger partial charge in [0, 0.05) is 37.1 Å². The molecule has 230 valence electrons. The van der Waals surface area contributed by atoms with E-state index in [0.29, 0.717) is 17.9 Å². The predicted octanol–water partition coefficient (Wildman–Crippen LogP) is 4.10. The van der Waals surface area contributed by atoms with Crippen molar-refractivity contribution in [2.24, 2.45) is 7.05 Å². The minimum absolute atomic E-state index is 0.0168. The van der Waals surface area contributed by atoms with Crippen molar-refractivity contribution in [2.75, 3.05) is 6.61 Å². The molecule has 0 aliphatic carbocycles. The summed E-state index contributed by atoms with van der Waals surface area (Å²) in [5.74, 6) is -0.688. The molecule has 44 heavy (non-hydrogen) atoms. The average Bonchev–Trinajstić information content (AvgIpc) is 3.65. The summed E-state index contributed by atoms with van der Waals surface area (Å²) in [6.07, 6.45) is -1.11. The van der Waals surface area contributed by atoms with E-state index in [9.17, 15) is 27.5 Å². The van der Waals surface area contributed by atoms with Gasteiger partial charge in [-0.2, -0.15) is 13.9 Å². The minimum atomic E-state index is -3.19. The molecule has 5 heterocycles. The van der Waals surface area contributed by atoms with E-state index in [1.165, 1.54) is 29.5 Å². The third-order valence-corrected chi connectivity index (χ3v) is 7.14. The smallest absolute Gasteiger partial charge is 0.388 e. The molecular weight excluding hydrogens is 586 g/mol. The molecule has 0 saturated heterocycles. The lowest BCUT2D eigenvalue weighted by Crippen LogP contribution is -2.47. The minimum Gasteiger partial charge on any atom is -0.475 e. The normalized spacial score (nSPS) is 15.4. The molecule has 3 aliphatic rings. The van der Waals surface area contributed by atoms with Gasteiger partial charge in [-0.3, -0.25) is 9.48 Å². The van der Waals surface area contributed by atoms with Crippen LogP contribution in [0.4, 0.5) is 17.6 Å². The summed E-state index contributed by atoms with van der Waals surface area (Å²) in [7, 11) is 1.52. The van der Waals surface area contributed by atoms with Gasteiger partial charge in [-0.1, -0.05) is 30.3 Å². The maximum Gasteiger partial charge on any atom is 0.388 e. The summed E-state index contributed by atoms with van der Waals surface area (Å²) in [5.41, 5.74) is 1.03. The first kappa shape index (κ1) is 29.2. The number of nitrogens with one attached hydrogen (secondary N) is 1. The number of amides is 1. The number of hydrogen-bond acceptors (Lipinski definition) is 7. The van der Waals surface area contributed by atoms with E-state index in [4.69, 9.17) is 14.5 Å². The first-order chi connectivity index (χ1) is 21.1. The van der Waals surface area contributed by atoms with Gasteiger partial charge in [-0.15, -0.1) is 5.10 Å². The Balaban J connectivity index is 1.55. The number of aryl methyl sites for hydroxylation is 1. The molecule has 0 spiro atoms. The van der Waals surface area contributed by atoms with Crippen molar-refractivity contribution in [2.45, 2.75) is 45.2 Å². The number of nitrogens with zero attached hydrogens (tertiary/aromatic N) is 6. The number of halogens is 4. The van der Waals surface area contributed by atoms with Crippen LogP contribution in [0.25, 0.3) is 33.8 Å². The van der Waals surface area contributed by atoms with Crippen molar-refractivity contribution in [3.05, 3.63) is 66.1 Å². The number of benzene rings is 1. The number of carbonyl (C=O) groups is 1. The monoisotopic (exact) mass is 613 g/mol. The number of alkyl halides is 4. The Labute approximate surface area is 248 Å². The zero-order chi connectivity index (χ0) is 31.1. The lowest BCUT2D eigenvalue weighted by atomic mass is 9.98. The number of fused-ring (bicyclic) bond motifs is 2. The largest absolute Gasteiger partial charge is 0.475 e. The predicted molar refractivity (Wildman–Crippen MR) is 149 cm³/mol. The lowest BCUT2D eigenvalue weighted by Gasteiger charge is -2.26. The quantitative estimate of drug-likeness (QED) is 0.240.